The quantitative estimate of drug-likeness (QED) is 0.278. The molecule has 0 spiro atoms. The first-order valence-corrected chi connectivity index (χ1v) is 9.38. The summed E-state index contributed by atoms with van der Waals surface area (Å²) < 4.78 is 2.30. The van der Waals surface area contributed by atoms with Gasteiger partial charge < -0.3 is 20.2 Å². The largest absolute Gasteiger partial charge is 0.357 e. The molecule has 2 aromatic heterocycles. The van der Waals surface area contributed by atoms with Crippen LogP contribution in [0.1, 0.15) is 12.1 Å². The molecule has 5 heteroatoms. The Kier molecular flexibility index (Phi) is 5.10. The van der Waals surface area contributed by atoms with Gasteiger partial charge in [-0.2, -0.15) is 0 Å². The minimum atomic E-state index is 0.719. The lowest BCUT2D eigenvalue weighted by Crippen LogP contribution is -2.37. The van der Waals surface area contributed by atoms with Gasteiger partial charge in [0.15, 0.2) is 5.96 Å². The van der Waals surface area contributed by atoms with E-state index in [-0.39, 0.29) is 0 Å². The number of aliphatic imine (C=N–C) groups is 1. The van der Waals surface area contributed by atoms with Gasteiger partial charge in [0, 0.05) is 43.1 Å². The van der Waals surface area contributed by atoms with Crippen molar-refractivity contribution in [3.63, 3.8) is 0 Å². The highest BCUT2D eigenvalue weighted by Gasteiger charge is 2.03. The summed E-state index contributed by atoms with van der Waals surface area (Å²) in [6, 6.07) is 21.2. The number of nitrogens with zero attached hydrogens (tertiary/aromatic N) is 2. The van der Waals surface area contributed by atoms with Crippen LogP contribution in [0.25, 0.3) is 21.8 Å². The van der Waals surface area contributed by atoms with E-state index in [9.17, 15) is 0 Å². The molecule has 0 radical (unpaired) electrons. The smallest absolute Gasteiger partial charge is 0.191 e. The number of hydrogen-bond acceptors (Lipinski definition) is 1. The standard InChI is InChI=1S/C22H25N5/c1-23-22(25-16-19-15-18-8-2-4-9-20(18)26-19)24-12-6-13-27-14-11-17-7-3-5-10-21(17)27/h2-5,7-11,14-15,26H,6,12-13,16H2,1H3,(H2,23,24,25). The summed E-state index contributed by atoms with van der Waals surface area (Å²) in [5, 5.41) is 9.29. The highest BCUT2D eigenvalue weighted by Crippen LogP contribution is 2.15. The SMILES string of the molecule is CN=C(NCCCn1ccc2ccccc21)NCc1cc2ccccc2[nH]1. The zero-order valence-electron chi connectivity index (χ0n) is 15.6. The molecule has 5 nitrogen and oxygen atoms in total. The fourth-order valence-electron chi connectivity index (χ4n) is 3.42. The fourth-order valence-corrected chi connectivity index (χ4v) is 3.42. The predicted molar refractivity (Wildman–Crippen MR) is 113 cm³/mol. The number of benzene rings is 2. The topological polar surface area (TPSA) is 57.1 Å². The average molecular weight is 359 g/mol. The number of aryl methyl sites for hydroxylation is 1. The Bertz CT molecular complexity index is 1020. The van der Waals surface area contributed by atoms with Crippen LogP contribution in [-0.2, 0) is 13.1 Å². The van der Waals surface area contributed by atoms with Crippen LogP contribution in [0.15, 0.2) is 71.9 Å². The molecule has 0 aliphatic heterocycles. The summed E-state index contributed by atoms with van der Waals surface area (Å²) in [5.41, 5.74) is 3.60. The first-order chi connectivity index (χ1) is 13.3. The maximum atomic E-state index is 4.32. The summed E-state index contributed by atoms with van der Waals surface area (Å²) in [6.45, 7) is 2.58. The average Bonchev–Trinajstić information content (AvgIpc) is 3.31. The molecule has 0 saturated heterocycles. The summed E-state index contributed by atoms with van der Waals surface area (Å²) in [4.78, 5) is 7.74. The lowest BCUT2D eigenvalue weighted by atomic mass is 10.2. The van der Waals surface area contributed by atoms with E-state index in [0.29, 0.717) is 0 Å². The maximum absolute atomic E-state index is 4.32. The normalized spacial score (nSPS) is 12.0. The molecule has 0 amide bonds. The van der Waals surface area contributed by atoms with E-state index in [1.807, 2.05) is 6.07 Å². The van der Waals surface area contributed by atoms with Gasteiger partial charge in [-0.25, -0.2) is 0 Å². The number of aromatic nitrogens is 2. The molecular formula is C22H25N5. The Hall–Kier alpha value is -3.21. The lowest BCUT2D eigenvalue weighted by molar-refractivity contribution is 0.640. The number of para-hydroxylation sites is 2. The summed E-state index contributed by atoms with van der Waals surface area (Å²) in [6.07, 6.45) is 3.19. The van der Waals surface area contributed by atoms with Crippen molar-refractivity contribution < 1.29 is 0 Å². The highest BCUT2D eigenvalue weighted by molar-refractivity contribution is 5.82. The molecule has 138 valence electrons. The number of fused-ring (bicyclic) bond motifs is 2. The van der Waals surface area contributed by atoms with Crippen LogP contribution in [0, 0.1) is 0 Å². The molecule has 2 heterocycles. The molecule has 4 aromatic rings. The van der Waals surface area contributed by atoms with E-state index in [1.165, 1.54) is 16.3 Å². The van der Waals surface area contributed by atoms with Crippen molar-refractivity contribution in [1.82, 2.24) is 20.2 Å². The fraction of sp³-hybridized carbons (Fsp3) is 0.227. The first kappa shape index (κ1) is 17.2. The zero-order valence-corrected chi connectivity index (χ0v) is 15.6. The van der Waals surface area contributed by atoms with Crippen molar-refractivity contribution >= 4 is 27.8 Å². The Morgan fingerprint density at radius 2 is 1.81 bits per heavy atom. The molecule has 0 atom stereocenters. The third kappa shape index (κ3) is 3.97. The van der Waals surface area contributed by atoms with E-state index in [1.54, 1.807) is 7.05 Å². The van der Waals surface area contributed by atoms with E-state index in [0.717, 1.165) is 43.2 Å². The van der Waals surface area contributed by atoms with Crippen LogP contribution in [-0.4, -0.2) is 29.1 Å². The Morgan fingerprint density at radius 3 is 2.67 bits per heavy atom. The van der Waals surface area contributed by atoms with Crippen LogP contribution in [0.3, 0.4) is 0 Å². The number of H-pyrrole nitrogens is 1. The van der Waals surface area contributed by atoms with Gasteiger partial charge in [0.05, 0.1) is 6.54 Å². The monoisotopic (exact) mass is 359 g/mol. The molecule has 27 heavy (non-hydrogen) atoms. The second-order valence-electron chi connectivity index (χ2n) is 6.66. The third-order valence-corrected chi connectivity index (χ3v) is 4.80. The van der Waals surface area contributed by atoms with Gasteiger partial charge in [0.25, 0.3) is 0 Å². The van der Waals surface area contributed by atoms with Crippen molar-refractivity contribution in [3.8, 4) is 0 Å². The summed E-state index contributed by atoms with van der Waals surface area (Å²) in [7, 11) is 1.81. The van der Waals surface area contributed by atoms with Crippen molar-refractivity contribution in [2.45, 2.75) is 19.5 Å². The Morgan fingerprint density at radius 1 is 1.00 bits per heavy atom. The van der Waals surface area contributed by atoms with E-state index in [2.05, 4.69) is 86.0 Å². The number of rotatable bonds is 6. The second kappa shape index (κ2) is 7.99. The highest BCUT2D eigenvalue weighted by atomic mass is 15.2. The van der Waals surface area contributed by atoms with Crippen molar-refractivity contribution in [3.05, 3.63) is 72.6 Å². The molecule has 0 unspecified atom stereocenters. The van der Waals surface area contributed by atoms with Crippen LogP contribution in [0.5, 0.6) is 0 Å². The van der Waals surface area contributed by atoms with Crippen molar-refractivity contribution in [1.29, 1.82) is 0 Å². The number of hydrogen-bond donors (Lipinski definition) is 3. The predicted octanol–water partition coefficient (Wildman–Crippen LogP) is 3.88. The van der Waals surface area contributed by atoms with Crippen LogP contribution < -0.4 is 10.6 Å². The van der Waals surface area contributed by atoms with Gasteiger partial charge in [-0.05, 0) is 41.5 Å². The molecular weight excluding hydrogens is 334 g/mol. The van der Waals surface area contributed by atoms with Crippen LogP contribution >= 0.6 is 0 Å². The van der Waals surface area contributed by atoms with Gasteiger partial charge in [0.1, 0.15) is 0 Å². The lowest BCUT2D eigenvalue weighted by Gasteiger charge is -2.12. The molecule has 0 fully saturated rings. The van der Waals surface area contributed by atoms with Crippen molar-refractivity contribution in [2.24, 2.45) is 4.99 Å². The van der Waals surface area contributed by atoms with Crippen molar-refractivity contribution in [2.75, 3.05) is 13.6 Å². The minimum absolute atomic E-state index is 0.719. The second-order valence-corrected chi connectivity index (χ2v) is 6.66. The van der Waals surface area contributed by atoms with E-state index >= 15 is 0 Å². The van der Waals surface area contributed by atoms with Crippen LogP contribution in [0.4, 0.5) is 0 Å². The molecule has 0 saturated carbocycles. The summed E-state index contributed by atoms with van der Waals surface area (Å²) >= 11 is 0. The number of aromatic amines is 1. The zero-order chi connectivity index (χ0) is 18.5. The van der Waals surface area contributed by atoms with E-state index in [4.69, 9.17) is 0 Å². The first-order valence-electron chi connectivity index (χ1n) is 9.38. The number of guanidine groups is 1. The molecule has 0 aliphatic rings. The molecule has 3 N–H and O–H groups in total. The van der Waals surface area contributed by atoms with Gasteiger partial charge in [0.2, 0.25) is 0 Å². The van der Waals surface area contributed by atoms with Gasteiger partial charge in [-0.1, -0.05) is 36.4 Å². The minimum Gasteiger partial charge on any atom is -0.357 e. The van der Waals surface area contributed by atoms with Crippen LogP contribution in [0.2, 0.25) is 0 Å². The van der Waals surface area contributed by atoms with Gasteiger partial charge in [-0.15, -0.1) is 0 Å². The maximum Gasteiger partial charge on any atom is 0.191 e. The summed E-state index contributed by atoms with van der Waals surface area (Å²) in [5.74, 6) is 0.825. The number of nitrogens with one attached hydrogen (secondary N) is 3. The van der Waals surface area contributed by atoms with Gasteiger partial charge in [-0.3, -0.25) is 4.99 Å². The Labute approximate surface area is 159 Å². The van der Waals surface area contributed by atoms with Gasteiger partial charge >= 0.3 is 0 Å². The molecule has 2 aromatic carbocycles. The van der Waals surface area contributed by atoms with E-state index < -0.39 is 0 Å². The molecule has 0 aliphatic carbocycles. The Balaban J connectivity index is 1.25. The molecule has 0 bridgehead atoms. The third-order valence-electron chi connectivity index (χ3n) is 4.80. The molecule has 4 rings (SSSR count).